The van der Waals surface area contributed by atoms with Crippen molar-refractivity contribution in [2.24, 2.45) is 0 Å². The zero-order valence-corrected chi connectivity index (χ0v) is 23.4. The van der Waals surface area contributed by atoms with Gasteiger partial charge in [0.15, 0.2) is 0 Å². The average molecular weight is 548 g/mol. The number of rotatable bonds is 8. The SMILES string of the molecule is Cc1ccc2nc(CN3CCC(c4cccc(C)c4OCc4ccc(Cl)cc4F)CC3)n(C[C@@H]3CCO3)c2c1. The molecule has 2 saturated heterocycles. The fraction of sp³-hybridized carbons (Fsp3) is 0.406. The minimum atomic E-state index is -0.337. The van der Waals surface area contributed by atoms with E-state index in [4.69, 9.17) is 26.1 Å². The molecule has 2 aliphatic rings. The number of para-hydroxylation sites is 1. The number of likely N-dealkylation sites (tertiary alicyclic amines) is 1. The van der Waals surface area contributed by atoms with Crippen LogP contribution in [0.25, 0.3) is 11.0 Å². The van der Waals surface area contributed by atoms with Crippen LogP contribution < -0.4 is 4.74 Å². The Hall–Kier alpha value is -2.93. The number of aromatic nitrogens is 2. The Bertz CT molecular complexity index is 1470. The molecule has 4 aromatic rings. The van der Waals surface area contributed by atoms with Gasteiger partial charge in [-0.1, -0.05) is 41.9 Å². The highest BCUT2D eigenvalue weighted by Gasteiger charge is 2.27. The molecule has 3 heterocycles. The summed E-state index contributed by atoms with van der Waals surface area (Å²) in [4.78, 5) is 7.55. The van der Waals surface area contributed by atoms with Gasteiger partial charge in [-0.2, -0.15) is 0 Å². The molecule has 0 radical (unpaired) electrons. The largest absolute Gasteiger partial charge is 0.488 e. The number of ether oxygens (including phenoxy) is 2. The predicted molar refractivity (Wildman–Crippen MR) is 153 cm³/mol. The van der Waals surface area contributed by atoms with Crippen LogP contribution in [0, 0.1) is 19.7 Å². The lowest BCUT2D eigenvalue weighted by molar-refractivity contribution is -0.0592. The van der Waals surface area contributed by atoms with E-state index < -0.39 is 0 Å². The van der Waals surface area contributed by atoms with Crippen molar-refractivity contribution in [2.45, 2.75) is 64.8 Å². The lowest BCUT2D eigenvalue weighted by atomic mass is 9.88. The summed E-state index contributed by atoms with van der Waals surface area (Å²) in [6.45, 7) is 8.92. The Labute approximate surface area is 234 Å². The molecule has 6 rings (SSSR count). The van der Waals surface area contributed by atoms with E-state index in [1.54, 1.807) is 12.1 Å². The highest BCUT2D eigenvalue weighted by molar-refractivity contribution is 6.30. The van der Waals surface area contributed by atoms with Crippen molar-refractivity contribution in [1.29, 1.82) is 0 Å². The molecule has 1 aromatic heterocycles. The number of benzene rings is 3. The molecule has 7 heteroatoms. The number of fused-ring (bicyclic) bond motifs is 1. The summed E-state index contributed by atoms with van der Waals surface area (Å²) in [5.41, 5.74) is 6.31. The number of nitrogens with zero attached hydrogens (tertiary/aromatic N) is 3. The van der Waals surface area contributed by atoms with Crippen LogP contribution in [0.1, 0.15) is 53.3 Å². The topological polar surface area (TPSA) is 39.5 Å². The zero-order valence-electron chi connectivity index (χ0n) is 22.6. The molecule has 1 atom stereocenters. The van der Waals surface area contributed by atoms with Gasteiger partial charge in [0.1, 0.15) is 24.0 Å². The summed E-state index contributed by atoms with van der Waals surface area (Å²) in [6, 6.07) is 17.6. The molecule has 39 heavy (non-hydrogen) atoms. The Balaban J connectivity index is 1.15. The third kappa shape index (κ3) is 5.69. The van der Waals surface area contributed by atoms with Crippen LogP contribution in [-0.2, 0) is 24.4 Å². The van der Waals surface area contributed by atoms with Gasteiger partial charge in [-0.05, 0) is 93.1 Å². The van der Waals surface area contributed by atoms with E-state index in [9.17, 15) is 4.39 Å². The van der Waals surface area contributed by atoms with Gasteiger partial charge in [0.2, 0.25) is 0 Å². The second-order valence-corrected chi connectivity index (χ2v) is 11.4. The van der Waals surface area contributed by atoms with Gasteiger partial charge in [0.25, 0.3) is 0 Å². The summed E-state index contributed by atoms with van der Waals surface area (Å²) < 4.78 is 28.7. The molecule has 0 amide bonds. The molecule has 2 fully saturated rings. The highest BCUT2D eigenvalue weighted by Crippen LogP contribution is 2.37. The maximum atomic E-state index is 14.4. The summed E-state index contributed by atoms with van der Waals surface area (Å²) in [5.74, 6) is 2.06. The molecule has 0 N–H and O–H groups in total. The van der Waals surface area contributed by atoms with E-state index in [1.807, 2.05) is 0 Å². The van der Waals surface area contributed by atoms with Crippen LogP contribution in [0.2, 0.25) is 5.02 Å². The molecule has 0 aliphatic carbocycles. The molecular formula is C32H35ClFN3O2. The molecule has 3 aromatic carbocycles. The maximum Gasteiger partial charge on any atom is 0.131 e. The number of halogens is 2. The van der Waals surface area contributed by atoms with Crippen molar-refractivity contribution < 1.29 is 13.9 Å². The molecule has 204 valence electrons. The number of piperidine rings is 1. The van der Waals surface area contributed by atoms with Gasteiger partial charge in [0, 0.05) is 17.2 Å². The van der Waals surface area contributed by atoms with Gasteiger partial charge in [0.05, 0.1) is 30.2 Å². The standard InChI is InChI=1S/C32H35ClFN3O2/c1-21-6-9-29-30(16-21)37(18-26-12-15-38-26)31(35-29)19-36-13-10-23(11-14-36)27-5-3-4-22(2)32(27)39-20-24-7-8-25(33)17-28(24)34/h3-9,16-17,23,26H,10-15,18-20H2,1-2H3/t26-/m0/s1. The number of hydrogen-bond acceptors (Lipinski definition) is 4. The van der Waals surface area contributed by atoms with Gasteiger partial charge < -0.3 is 14.0 Å². The van der Waals surface area contributed by atoms with Gasteiger partial charge in [-0.25, -0.2) is 9.37 Å². The van der Waals surface area contributed by atoms with E-state index in [-0.39, 0.29) is 18.5 Å². The van der Waals surface area contributed by atoms with Crippen LogP contribution >= 0.6 is 11.6 Å². The van der Waals surface area contributed by atoms with E-state index in [0.29, 0.717) is 16.5 Å². The third-order valence-electron chi connectivity index (χ3n) is 8.18. The van der Waals surface area contributed by atoms with Crippen molar-refractivity contribution in [3.8, 4) is 5.75 Å². The van der Waals surface area contributed by atoms with E-state index in [1.165, 1.54) is 22.7 Å². The van der Waals surface area contributed by atoms with Crippen LogP contribution in [0.5, 0.6) is 5.75 Å². The molecule has 0 spiro atoms. The number of hydrogen-bond donors (Lipinski definition) is 0. The Morgan fingerprint density at radius 3 is 2.62 bits per heavy atom. The monoisotopic (exact) mass is 547 g/mol. The van der Waals surface area contributed by atoms with Crippen LogP contribution in [0.4, 0.5) is 4.39 Å². The van der Waals surface area contributed by atoms with Crippen LogP contribution in [0.15, 0.2) is 54.6 Å². The third-order valence-corrected chi connectivity index (χ3v) is 8.42. The zero-order chi connectivity index (χ0) is 26.9. The van der Waals surface area contributed by atoms with Crippen molar-refractivity contribution in [3.05, 3.63) is 93.5 Å². The normalized spacial score (nSPS) is 18.4. The van der Waals surface area contributed by atoms with Crippen molar-refractivity contribution in [1.82, 2.24) is 14.5 Å². The van der Waals surface area contributed by atoms with Crippen molar-refractivity contribution in [2.75, 3.05) is 19.7 Å². The lowest BCUT2D eigenvalue weighted by Crippen LogP contribution is -2.35. The quantitative estimate of drug-likeness (QED) is 0.234. The first-order valence-electron chi connectivity index (χ1n) is 13.9. The molecule has 5 nitrogen and oxygen atoms in total. The van der Waals surface area contributed by atoms with Crippen molar-refractivity contribution >= 4 is 22.6 Å². The minimum Gasteiger partial charge on any atom is -0.488 e. The molecule has 0 bridgehead atoms. The summed E-state index contributed by atoms with van der Waals surface area (Å²) in [6.07, 6.45) is 3.48. The first kappa shape index (κ1) is 26.3. The van der Waals surface area contributed by atoms with E-state index in [0.717, 1.165) is 74.7 Å². The number of aryl methyl sites for hydroxylation is 2. The summed E-state index contributed by atoms with van der Waals surface area (Å²) >= 11 is 5.92. The molecule has 0 saturated carbocycles. The summed E-state index contributed by atoms with van der Waals surface area (Å²) in [5, 5.41) is 0.390. The fourth-order valence-electron chi connectivity index (χ4n) is 5.82. The smallest absolute Gasteiger partial charge is 0.131 e. The Kier molecular flexibility index (Phi) is 7.61. The first-order valence-corrected chi connectivity index (χ1v) is 14.3. The Morgan fingerprint density at radius 2 is 1.87 bits per heavy atom. The van der Waals surface area contributed by atoms with Crippen LogP contribution in [-0.4, -0.2) is 40.3 Å². The second kappa shape index (κ2) is 11.3. The van der Waals surface area contributed by atoms with E-state index in [2.05, 4.69) is 59.7 Å². The van der Waals surface area contributed by atoms with Crippen LogP contribution in [0.3, 0.4) is 0 Å². The fourth-order valence-corrected chi connectivity index (χ4v) is 5.98. The maximum absolute atomic E-state index is 14.4. The summed E-state index contributed by atoms with van der Waals surface area (Å²) in [7, 11) is 0. The predicted octanol–water partition coefficient (Wildman–Crippen LogP) is 7.19. The molecule has 2 aliphatic heterocycles. The highest BCUT2D eigenvalue weighted by atomic mass is 35.5. The van der Waals surface area contributed by atoms with Gasteiger partial charge >= 0.3 is 0 Å². The van der Waals surface area contributed by atoms with Gasteiger partial charge in [-0.15, -0.1) is 0 Å². The molecule has 0 unspecified atom stereocenters. The van der Waals surface area contributed by atoms with Crippen molar-refractivity contribution in [3.63, 3.8) is 0 Å². The number of imidazole rings is 1. The van der Waals surface area contributed by atoms with Gasteiger partial charge in [-0.3, -0.25) is 4.90 Å². The average Bonchev–Trinajstić information content (AvgIpc) is 3.22. The lowest BCUT2D eigenvalue weighted by Gasteiger charge is -2.33. The molecular weight excluding hydrogens is 513 g/mol. The van der Waals surface area contributed by atoms with E-state index >= 15 is 0 Å². The first-order chi connectivity index (χ1) is 18.9. The second-order valence-electron chi connectivity index (χ2n) is 11.0. The minimum absolute atomic E-state index is 0.181. The Morgan fingerprint density at radius 1 is 1.05 bits per heavy atom.